The van der Waals surface area contributed by atoms with Crippen molar-refractivity contribution in [3.8, 4) is 0 Å². The summed E-state index contributed by atoms with van der Waals surface area (Å²) >= 11 is 0. The van der Waals surface area contributed by atoms with E-state index in [4.69, 9.17) is 14.7 Å². The maximum atomic E-state index is 8.68. The molecular formula is C12H15BO3. The fourth-order valence-corrected chi connectivity index (χ4v) is 2.08. The zero-order chi connectivity index (χ0) is 11.4. The highest BCUT2D eigenvalue weighted by Gasteiger charge is 2.20. The zero-order valence-electron chi connectivity index (χ0n) is 9.04. The molecule has 1 unspecified atom stereocenters. The van der Waals surface area contributed by atoms with E-state index in [1.807, 2.05) is 24.3 Å². The first-order valence-electron chi connectivity index (χ1n) is 5.52. The molecule has 2 rings (SSSR count). The normalized spacial score (nSPS) is 20.1. The summed E-state index contributed by atoms with van der Waals surface area (Å²) in [5.74, 6) is 1.20. The molecule has 4 heteroatoms. The van der Waals surface area contributed by atoms with Gasteiger partial charge in [-0.1, -0.05) is 30.3 Å². The van der Waals surface area contributed by atoms with Crippen molar-refractivity contribution < 1.29 is 14.7 Å². The Morgan fingerprint density at radius 2 is 1.94 bits per heavy atom. The fraction of sp³-hybridized carbons (Fsp3) is 0.333. The monoisotopic (exact) mass is 218 g/mol. The lowest BCUT2D eigenvalue weighted by molar-refractivity contribution is 0.224. The van der Waals surface area contributed by atoms with E-state index >= 15 is 0 Å². The van der Waals surface area contributed by atoms with Crippen molar-refractivity contribution in [3.63, 3.8) is 0 Å². The first-order chi connectivity index (χ1) is 7.75. The molecule has 0 saturated heterocycles. The van der Waals surface area contributed by atoms with Gasteiger partial charge in [0.25, 0.3) is 0 Å². The maximum Gasteiger partial charge on any atom is 0.707 e. The number of allylic oxidation sites excluding steroid dienone is 2. The molecule has 0 heterocycles. The van der Waals surface area contributed by atoms with Crippen molar-refractivity contribution in [2.45, 2.75) is 25.2 Å². The molecule has 3 nitrogen and oxygen atoms in total. The summed E-state index contributed by atoms with van der Waals surface area (Å²) in [6.45, 7) is 0. The van der Waals surface area contributed by atoms with Crippen LogP contribution in [0.5, 0.6) is 0 Å². The minimum atomic E-state index is -1.69. The topological polar surface area (TPSA) is 49.7 Å². The number of hydrogen-bond acceptors (Lipinski definition) is 3. The van der Waals surface area contributed by atoms with Gasteiger partial charge in [-0.15, -0.1) is 0 Å². The Morgan fingerprint density at radius 1 is 1.19 bits per heavy atom. The zero-order valence-corrected chi connectivity index (χ0v) is 9.04. The molecule has 0 radical (unpaired) electrons. The van der Waals surface area contributed by atoms with Crippen LogP contribution in [-0.4, -0.2) is 17.4 Å². The average Bonchev–Trinajstić information content (AvgIpc) is 2.30. The lowest BCUT2D eigenvalue weighted by atomic mass is 9.87. The van der Waals surface area contributed by atoms with Crippen LogP contribution in [0.3, 0.4) is 0 Å². The van der Waals surface area contributed by atoms with Crippen molar-refractivity contribution in [1.29, 1.82) is 0 Å². The molecule has 2 N–H and O–H groups in total. The van der Waals surface area contributed by atoms with E-state index in [-0.39, 0.29) is 0 Å². The van der Waals surface area contributed by atoms with E-state index in [0.29, 0.717) is 11.7 Å². The molecule has 0 fully saturated rings. The molecule has 0 spiro atoms. The predicted octanol–water partition coefficient (Wildman–Crippen LogP) is 1.82. The number of benzene rings is 1. The summed E-state index contributed by atoms with van der Waals surface area (Å²) in [6, 6.07) is 10.4. The van der Waals surface area contributed by atoms with Crippen LogP contribution in [0.4, 0.5) is 0 Å². The highest BCUT2D eigenvalue weighted by Crippen LogP contribution is 2.32. The predicted molar refractivity (Wildman–Crippen MR) is 62.4 cm³/mol. The minimum absolute atomic E-state index is 0.518. The largest absolute Gasteiger partial charge is 0.707 e. The van der Waals surface area contributed by atoms with E-state index in [1.165, 1.54) is 5.56 Å². The molecule has 0 aromatic heterocycles. The van der Waals surface area contributed by atoms with Crippen molar-refractivity contribution in [2.75, 3.05) is 0 Å². The quantitative estimate of drug-likeness (QED) is 0.760. The van der Waals surface area contributed by atoms with Gasteiger partial charge in [0.05, 0.1) is 5.76 Å². The van der Waals surface area contributed by atoms with E-state index in [1.54, 1.807) is 0 Å². The Hall–Kier alpha value is -1.26. The van der Waals surface area contributed by atoms with Crippen LogP contribution < -0.4 is 0 Å². The smallest absolute Gasteiger partial charge is 0.516 e. The van der Waals surface area contributed by atoms with Gasteiger partial charge in [0.2, 0.25) is 0 Å². The van der Waals surface area contributed by atoms with E-state index in [9.17, 15) is 0 Å². The van der Waals surface area contributed by atoms with Crippen molar-refractivity contribution in [1.82, 2.24) is 0 Å². The Labute approximate surface area is 95.6 Å². The minimum Gasteiger partial charge on any atom is -0.516 e. The van der Waals surface area contributed by atoms with Crippen molar-refractivity contribution in [2.24, 2.45) is 0 Å². The molecular weight excluding hydrogens is 203 g/mol. The van der Waals surface area contributed by atoms with Gasteiger partial charge in [0.15, 0.2) is 0 Å². The van der Waals surface area contributed by atoms with Gasteiger partial charge >= 0.3 is 7.32 Å². The molecule has 84 valence electrons. The van der Waals surface area contributed by atoms with Gasteiger partial charge in [-0.2, -0.15) is 0 Å². The summed E-state index contributed by atoms with van der Waals surface area (Å²) < 4.78 is 4.85. The molecule has 0 bridgehead atoms. The van der Waals surface area contributed by atoms with Crippen LogP contribution in [0.15, 0.2) is 42.2 Å². The summed E-state index contributed by atoms with van der Waals surface area (Å²) in [4.78, 5) is 0. The molecule has 0 amide bonds. The van der Waals surface area contributed by atoms with Crippen LogP contribution in [0.1, 0.15) is 30.7 Å². The highest BCUT2D eigenvalue weighted by molar-refractivity contribution is 6.33. The molecule has 1 aromatic rings. The summed E-state index contributed by atoms with van der Waals surface area (Å²) in [7, 11) is -1.69. The molecule has 1 aromatic carbocycles. The Morgan fingerprint density at radius 3 is 2.50 bits per heavy atom. The maximum absolute atomic E-state index is 8.68. The molecule has 16 heavy (non-hydrogen) atoms. The summed E-state index contributed by atoms with van der Waals surface area (Å²) in [6.07, 6.45) is 4.59. The second-order valence-corrected chi connectivity index (χ2v) is 4.00. The molecule has 0 aliphatic heterocycles. The Bertz CT molecular complexity index is 362. The second kappa shape index (κ2) is 5.19. The first-order valence-corrected chi connectivity index (χ1v) is 5.52. The van der Waals surface area contributed by atoms with Crippen LogP contribution in [0.2, 0.25) is 0 Å². The number of rotatable bonds is 3. The standard InChI is InChI=1S/C12H15BO3/c14-13(15)16-12-8-6-11(7-9-12)10-4-2-1-3-5-10/h1-5,8,11,14-15H,6-7,9H2. The SMILES string of the molecule is OB(O)OC1=CCC(c2ccccc2)CC1. The van der Waals surface area contributed by atoms with E-state index in [2.05, 4.69) is 12.1 Å². The van der Waals surface area contributed by atoms with Crippen molar-refractivity contribution in [3.05, 3.63) is 47.7 Å². The van der Waals surface area contributed by atoms with Gasteiger partial charge in [-0.05, 0) is 30.4 Å². The van der Waals surface area contributed by atoms with E-state index in [0.717, 1.165) is 19.3 Å². The summed E-state index contributed by atoms with van der Waals surface area (Å²) in [5.41, 5.74) is 1.34. The third-order valence-corrected chi connectivity index (χ3v) is 2.90. The molecule has 1 atom stereocenters. The summed E-state index contributed by atoms with van der Waals surface area (Å²) in [5, 5.41) is 17.4. The fourth-order valence-electron chi connectivity index (χ4n) is 2.08. The third kappa shape index (κ3) is 2.87. The van der Waals surface area contributed by atoms with Crippen molar-refractivity contribution >= 4 is 7.32 Å². The molecule has 0 saturated carbocycles. The third-order valence-electron chi connectivity index (χ3n) is 2.90. The van der Waals surface area contributed by atoms with Gasteiger partial charge in [0, 0.05) is 6.42 Å². The first kappa shape index (κ1) is 11.2. The lowest BCUT2D eigenvalue weighted by Crippen LogP contribution is -2.18. The van der Waals surface area contributed by atoms with Crippen LogP contribution in [0, 0.1) is 0 Å². The molecule has 1 aliphatic carbocycles. The lowest BCUT2D eigenvalue weighted by Gasteiger charge is -2.22. The van der Waals surface area contributed by atoms with Gasteiger partial charge < -0.3 is 14.7 Å². The second-order valence-electron chi connectivity index (χ2n) is 4.00. The molecule has 1 aliphatic rings. The highest BCUT2D eigenvalue weighted by atomic mass is 16.6. The Kier molecular flexibility index (Phi) is 3.64. The Balaban J connectivity index is 1.97. The average molecular weight is 218 g/mol. The van der Waals surface area contributed by atoms with Crippen LogP contribution in [0.25, 0.3) is 0 Å². The van der Waals surface area contributed by atoms with Crippen LogP contribution in [-0.2, 0) is 4.65 Å². The number of hydrogen-bond donors (Lipinski definition) is 2. The van der Waals surface area contributed by atoms with Gasteiger partial charge in [0.1, 0.15) is 0 Å². The van der Waals surface area contributed by atoms with Gasteiger partial charge in [-0.25, -0.2) is 0 Å². The van der Waals surface area contributed by atoms with Crippen LogP contribution >= 0.6 is 0 Å². The van der Waals surface area contributed by atoms with E-state index < -0.39 is 7.32 Å². The van der Waals surface area contributed by atoms with Gasteiger partial charge in [-0.3, -0.25) is 0 Å².